The number of halogens is 1. The highest BCUT2D eigenvalue weighted by Gasteiger charge is 2.21. The number of hydrogen-bond donors (Lipinski definition) is 2. The second kappa shape index (κ2) is 4.66. The first-order chi connectivity index (χ1) is 8.47. The van der Waals surface area contributed by atoms with Gasteiger partial charge in [0.05, 0.1) is 5.75 Å². The predicted octanol–water partition coefficient (Wildman–Crippen LogP) is 2.26. The minimum absolute atomic E-state index is 0.0740. The van der Waals surface area contributed by atoms with E-state index in [2.05, 4.69) is 0 Å². The maximum Gasteiger partial charge on any atom is 0.183 e. The Morgan fingerprint density at radius 3 is 2.33 bits per heavy atom. The van der Waals surface area contributed by atoms with Gasteiger partial charge in [-0.3, -0.25) is 0 Å². The standard InChI is InChI=1S/C12H11ClO4S/c13-5-6-18(16,17)11-7-10(14)8-3-1-2-4-9(8)12(11)15/h1-4,7,14-15H,5-6H2. The lowest BCUT2D eigenvalue weighted by molar-refractivity contribution is 0.454. The van der Waals surface area contributed by atoms with Crippen LogP contribution in [0.25, 0.3) is 10.8 Å². The van der Waals surface area contributed by atoms with Crippen molar-refractivity contribution in [2.24, 2.45) is 0 Å². The van der Waals surface area contributed by atoms with Crippen molar-refractivity contribution in [3.8, 4) is 11.5 Å². The van der Waals surface area contributed by atoms with Crippen LogP contribution in [0.4, 0.5) is 0 Å². The van der Waals surface area contributed by atoms with Crippen LogP contribution in [0.3, 0.4) is 0 Å². The average Bonchev–Trinajstić information content (AvgIpc) is 2.33. The average molecular weight is 287 g/mol. The van der Waals surface area contributed by atoms with Crippen LogP contribution >= 0.6 is 11.6 Å². The topological polar surface area (TPSA) is 74.6 Å². The first-order valence-corrected chi connectivity index (χ1v) is 7.38. The Morgan fingerprint density at radius 2 is 1.72 bits per heavy atom. The molecule has 0 radical (unpaired) electrons. The summed E-state index contributed by atoms with van der Waals surface area (Å²) in [7, 11) is -3.70. The molecular weight excluding hydrogens is 276 g/mol. The van der Waals surface area contributed by atoms with E-state index in [4.69, 9.17) is 11.6 Å². The first-order valence-electron chi connectivity index (χ1n) is 5.20. The predicted molar refractivity (Wildman–Crippen MR) is 70.1 cm³/mol. The lowest BCUT2D eigenvalue weighted by Gasteiger charge is -2.09. The van der Waals surface area contributed by atoms with Crippen LogP contribution in [-0.2, 0) is 9.84 Å². The monoisotopic (exact) mass is 286 g/mol. The molecule has 2 aromatic carbocycles. The number of phenols is 2. The molecule has 0 aromatic heterocycles. The Labute approximate surface area is 109 Å². The van der Waals surface area contributed by atoms with E-state index in [1.807, 2.05) is 0 Å². The van der Waals surface area contributed by atoms with Crippen molar-refractivity contribution in [1.82, 2.24) is 0 Å². The zero-order valence-electron chi connectivity index (χ0n) is 9.30. The molecule has 6 heteroatoms. The van der Waals surface area contributed by atoms with E-state index < -0.39 is 9.84 Å². The quantitative estimate of drug-likeness (QED) is 0.670. The Hall–Kier alpha value is -1.46. The smallest absolute Gasteiger partial charge is 0.183 e. The van der Waals surface area contributed by atoms with Gasteiger partial charge in [0.1, 0.15) is 16.4 Å². The van der Waals surface area contributed by atoms with E-state index >= 15 is 0 Å². The van der Waals surface area contributed by atoms with Gasteiger partial charge < -0.3 is 10.2 Å². The molecule has 96 valence electrons. The van der Waals surface area contributed by atoms with E-state index in [9.17, 15) is 18.6 Å². The summed E-state index contributed by atoms with van der Waals surface area (Å²) >= 11 is 5.42. The SMILES string of the molecule is O=S(=O)(CCCl)c1cc(O)c2ccccc2c1O. The summed E-state index contributed by atoms with van der Waals surface area (Å²) in [5.74, 6) is -0.903. The van der Waals surface area contributed by atoms with Gasteiger partial charge in [0.15, 0.2) is 9.84 Å². The Kier molecular flexibility index (Phi) is 3.36. The molecule has 0 atom stereocenters. The number of aromatic hydroxyl groups is 2. The molecule has 0 fully saturated rings. The number of alkyl halides is 1. The number of phenolic OH excluding ortho intramolecular Hbond substituents is 2. The van der Waals surface area contributed by atoms with Crippen LogP contribution in [0, 0.1) is 0 Å². The Morgan fingerprint density at radius 1 is 1.11 bits per heavy atom. The molecule has 4 nitrogen and oxygen atoms in total. The van der Waals surface area contributed by atoms with Crippen molar-refractivity contribution >= 4 is 32.2 Å². The number of sulfone groups is 1. The van der Waals surface area contributed by atoms with Crippen molar-refractivity contribution in [3.05, 3.63) is 30.3 Å². The Bertz CT molecular complexity index is 695. The third-order valence-electron chi connectivity index (χ3n) is 2.64. The van der Waals surface area contributed by atoms with E-state index in [1.54, 1.807) is 24.3 Å². The van der Waals surface area contributed by atoms with Gasteiger partial charge in [-0.1, -0.05) is 24.3 Å². The van der Waals surface area contributed by atoms with Crippen LogP contribution in [0.15, 0.2) is 35.2 Å². The van der Waals surface area contributed by atoms with Gasteiger partial charge in [-0.05, 0) is 0 Å². The van der Waals surface area contributed by atoms with Crippen LogP contribution in [0.1, 0.15) is 0 Å². The van der Waals surface area contributed by atoms with Crippen molar-refractivity contribution in [1.29, 1.82) is 0 Å². The van der Waals surface area contributed by atoms with Gasteiger partial charge in [-0.25, -0.2) is 8.42 Å². The lowest BCUT2D eigenvalue weighted by atomic mass is 10.1. The van der Waals surface area contributed by atoms with Crippen molar-refractivity contribution in [3.63, 3.8) is 0 Å². The van der Waals surface area contributed by atoms with Gasteiger partial charge >= 0.3 is 0 Å². The van der Waals surface area contributed by atoms with Crippen molar-refractivity contribution in [2.45, 2.75) is 4.90 Å². The van der Waals surface area contributed by atoms with Crippen LogP contribution in [0.5, 0.6) is 11.5 Å². The number of benzene rings is 2. The molecule has 0 unspecified atom stereocenters. The summed E-state index contributed by atoms with van der Waals surface area (Å²) in [5, 5.41) is 20.5. The summed E-state index contributed by atoms with van der Waals surface area (Å²) in [6.07, 6.45) is 0. The van der Waals surface area contributed by atoms with E-state index in [0.717, 1.165) is 6.07 Å². The largest absolute Gasteiger partial charge is 0.507 e. The van der Waals surface area contributed by atoms with Crippen molar-refractivity contribution < 1.29 is 18.6 Å². The highest BCUT2D eigenvalue weighted by molar-refractivity contribution is 7.91. The molecule has 0 heterocycles. The third-order valence-corrected chi connectivity index (χ3v) is 4.78. The molecule has 2 rings (SSSR count). The molecule has 2 N–H and O–H groups in total. The number of hydrogen-bond acceptors (Lipinski definition) is 4. The van der Waals surface area contributed by atoms with Crippen LogP contribution < -0.4 is 0 Å². The molecule has 0 aliphatic heterocycles. The lowest BCUT2D eigenvalue weighted by Crippen LogP contribution is -2.08. The van der Waals surface area contributed by atoms with Gasteiger partial charge in [-0.2, -0.15) is 0 Å². The summed E-state index contributed by atoms with van der Waals surface area (Å²) < 4.78 is 23.8. The van der Waals surface area contributed by atoms with Gasteiger partial charge in [0, 0.05) is 22.7 Å². The number of rotatable bonds is 3. The summed E-state index contributed by atoms with van der Waals surface area (Å²) in [4.78, 5) is -0.292. The minimum atomic E-state index is -3.70. The van der Waals surface area contributed by atoms with E-state index in [1.165, 1.54) is 0 Å². The minimum Gasteiger partial charge on any atom is -0.507 e. The molecule has 0 bridgehead atoms. The van der Waals surface area contributed by atoms with Crippen LogP contribution in [-0.4, -0.2) is 30.3 Å². The molecule has 18 heavy (non-hydrogen) atoms. The second-order valence-electron chi connectivity index (χ2n) is 3.80. The fourth-order valence-corrected chi connectivity index (χ4v) is 3.49. The van der Waals surface area contributed by atoms with Crippen LogP contribution in [0.2, 0.25) is 0 Å². The molecule has 0 amide bonds. The normalized spacial score (nSPS) is 11.8. The molecule has 0 saturated heterocycles. The highest BCUT2D eigenvalue weighted by Crippen LogP contribution is 2.37. The highest BCUT2D eigenvalue weighted by atomic mass is 35.5. The third kappa shape index (κ3) is 2.11. The van der Waals surface area contributed by atoms with E-state index in [0.29, 0.717) is 10.8 Å². The second-order valence-corrected chi connectivity index (χ2v) is 6.25. The fraction of sp³-hybridized carbons (Fsp3) is 0.167. The van der Waals surface area contributed by atoms with Gasteiger partial charge in [-0.15, -0.1) is 11.6 Å². The van der Waals surface area contributed by atoms with Crippen molar-refractivity contribution in [2.75, 3.05) is 11.6 Å². The first kappa shape index (κ1) is 13.0. The summed E-state index contributed by atoms with van der Waals surface area (Å²) in [6, 6.07) is 7.54. The summed E-state index contributed by atoms with van der Waals surface area (Å²) in [5.41, 5.74) is 0. The molecule has 0 saturated carbocycles. The molecular formula is C12H11ClO4S. The number of fused-ring (bicyclic) bond motifs is 1. The molecule has 2 aromatic rings. The maximum atomic E-state index is 11.9. The molecule has 0 spiro atoms. The molecule has 0 aliphatic rings. The zero-order chi connectivity index (χ0) is 13.3. The van der Waals surface area contributed by atoms with Gasteiger partial charge in [0.2, 0.25) is 0 Å². The molecule has 0 aliphatic carbocycles. The Balaban J connectivity index is 2.79. The van der Waals surface area contributed by atoms with Gasteiger partial charge in [0.25, 0.3) is 0 Å². The summed E-state index contributed by atoms with van der Waals surface area (Å²) in [6.45, 7) is 0. The fourth-order valence-electron chi connectivity index (χ4n) is 1.76. The van der Waals surface area contributed by atoms with E-state index in [-0.39, 0.29) is 28.0 Å². The maximum absolute atomic E-state index is 11.9. The zero-order valence-corrected chi connectivity index (χ0v) is 10.9.